The highest BCUT2D eigenvalue weighted by Crippen LogP contribution is 2.47. The minimum atomic E-state index is -0.931. The molecule has 1 spiro atoms. The van der Waals surface area contributed by atoms with Gasteiger partial charge in [0, 0.05) is 23.5 Å². The van der Waals surface area contributed by atoms with Crippen molar-refractivity contribution in [2.45, 2.75) is 75.6 Å². The van der Waals surface area contributed by atoms with Crippen LogP contribution in [-0.4, -0.2) is 54.2 Å². The Morgan fingerprint density at radius 2 is 2.05 bits per heavy atom. The maximum atomic E-state index is 11.9. The molecule has 1 unspecified atom stereocenters. The number of hydrogen-bond donors (Lipinski definition) is 2. The van der Waals surface area contributed by atoms with Crippen molar-refractivity contribution in [3.8, 4) is 5.75 Å². The van der Waals surface area contributed by atoms with Crippen molar-refractivity contribution >= 4 is 23.3 Å². The van der Waals surface area contributed by atoms with Gasteiger partial charge in [0.15, 0.2) is 0 Å². The third-order valence-corrected chi connectivity index (χ3v) is 9.44. The summed E-state index contributed by atoms with van der Waals surface area (Å²) in [5, 5.41) is 20.9. The van der Waals surface area contributed by atoms with Crippen LogP contribution in [0.2, 0.25) is 5.02 Å². The van der Waals surface area contributed by atoms with E-state index in [0.717, 1.165) is 61.7 Å². The lowest BCUT2D eigenvalue weighted by molar-refractivity contribution is -0.135. The molecule has 6 rings (SSSR count). The molecule has 2 heterocycles. The largest absolute Gasteiger partial charge is 0.490 e. The minimum Gasteiger partial charge on any atom is -0.490 e. The molecule has 1 saturated heterocycles. The molecule has 6 nitrogen and oxygen atoms in total. The third-order valence-electron chi connectivity index (χ3n) is 9.21. The van der Waals surface area contributed by atoms with E-state index in [9.17, 15) is 15.0 Å². The molecule has 2 N–H and O–H groups in total. The van der Waals surface area contributed by atoms with Crippen LogP contribution in [-0.2, 0) is 16.6 Å². The van der Waals surface area contributed by atoms with E-state index in [1.807, 2.05) is 12.1 Å². The van der Waals surface area contributed by atoms with Gasteiger partial charge in [0.05, 0.1) is 36.2 Å². The number of carboxylic acids is 1. The SMILES string of the molecule is C[C@H]1C[C@H](O)C[C@H]([C@@H]2CC[C@H]2CN2CC3(CCCc4cc(Cl)ccc43)COc3ccc(C(=O)O)cc32)O1. The topological polar surface area (TPSA) is 79.2 Å². The van der Waals surface area contributed by atoms with E-state index < -0.39 is 5.97 Å². The normalized spacial score (nSPS) is 33.1. The highest BCUT2D eigenvalue weighted by atomic mass is 35.5. The van der Waals surface area contributed by atoms with Gasteiger partial charge in [0.2, 0.25) is 0 Å². The van der Waals surface area contributed by atoms with Gasteiger partial charge < -0.3 is 24.6 Å². The first-order chi connectivity index (χ1) is 17.8. The van der Waals surface area contributed by atoms with Crippen molar-refractivity contribution < 1.29 is 24.5 Å². The molecule has 6 atom stereocenters. The van der Waals surface area contributed by atoms with E-state index in [-0.39, 0.29) is 29.3 Å². The van der Waals surface area contributed by atoms with Crippen molar-refractivity contribution in [2.24, 2.45) is 11.8 Å². The maximum absolute atomic E-state index is 11.9. The summed E-state index contributed by atoms with van der Waals surface area (Å²) in [4.78, 5) is 14.3. The highest BCUT2D eigenvalue weighted by molar-refractivity contribution is 6.30. The quantitative estimate of drug-likeness (QED) is 0.551. The number of aromatic carboxylic acids is 1. The summed E-state index contributed by atoms with van der Waals surface area (Å²) in [6, 6.07) is 11.5. The Balaban J connectivity index is 1.34. The van der Waals surface area contributed by atoms with E-state index in [0.29, 0.717) is 31.3 Å². The van der Waals surface area contributed by atoms with Crippen molar-refractivity contribution in [2.75, 3.05) is 24.6 Å². The number of anilines is 1. The van der Waals surface area contributed by atoms with E-state index >= 15 is 0 Å². The molecule has 0 aromatic heterocycles. The average Bonchev–Trinajstić information content (AvgIpc) is 2.98. The molecular weight excluding hydrogens is 490 g/mol. The van der Waals surface area contributed by atoms with Crippen LogP contribution in [0.3, 0.4) is 0 Å². The van der Waals surface area contributed by atoms with Crippen LogP contribution in [0.25, 0.3) is 0 Å². The second-order valence-corrected chi connectivity index (χ2v) is 12.1. The molecule has 37 heavy (non-hydrogen) atoms. The Morgan fingerprint density at radius 3 is 2.81 bits per heavy atom. The Kier molecular flexibility index (Phi) is 6.62. The Bertz CT molecular complexity index is 1180. The number of benzene rings is 2. The zero-order valence-corrected chi connectivity index (χ0v) is 22.1. The maximum Gasteiger partial charge on any atom is 0.335 e. The fourth-order valence-electron chi connectivity index (χ4n) is 7.27. The van der Waals surface area contributed by atoms with Gasteiger partial charge >= 0.3 is 5.97 Å². The third kappa shape index (κ3) is 4.73. The summed E-state index contributed by atoms with van der Waals surface area (Å²) in [5.41, 5.74) is 3.54. The van der Waals surface area contributed by atoms with E-state index in [1.54, 1.807) is 12.1 Å². The molecular formula is C30H36ClNO5. The summed E-state index contributed by atoms with van der Waals surface area (Å²) in [7, 11) is 0. The van der Waals surface area contributed by atoms with Gasteiger partial charge in [-0.1, -0.05) is 17.7 Å². The monoisotopic (exact) mass is 525 g/mol. The number of hydrogen-bond acceptors (Lipinski definition) is 5. The van der Waals surface area contributed by atoms with Crippen LogP contribution < -0.4 is 9.64 Å². The van der Waals surface area contributed by atoms with Gasteiger partial charge in [-0.3, -0.25) is 0 Å². The lowest BCUT2D eigenvalue weighted by Crippen LogP contribution is -2.51. The van der Waals surface area contributed by atoms with Crippen LogP contribution in [0.4, 0.5) is 5.69 Å². The lowest BCUT2D eigenvalue weighted by atomic mass is 9.67. The molecule has 198 valence electrons. The van der Waals surface area contributed by atoms with Gasteiger partial charge in [0.1, 0.15) is 5.75 Å². The first kappa shape index (κ1) is 25.0. The second kappa shape index (κ2) is 9.79. The number of carboxylic acid groups (broad SMARTS) is 1. The molecule has 2 fully saturated rings. The first-order valence-electron chi connectivity index (χ1n) is 13.7. The number of nitrogens with zero attached hydrogens (tertiary/aromatic N) is 1. The zero-order valence-electron chi connectivity index (χ0n) is 21.4. The fourth-order valence-corrected chi connectivity index (χ4v) is 7.47. The number of carbonyl (C=O) groups is 1. The van der Waals surface area contributed by atoms with Crippen molar-refractivity contribution in [1.29, 1.82) is 0 Å². The highest BCUT2D eigenvalue weighted by Gasteiger charge is 2.45. The predicted octanol–water partition coefficient (Wildman–Crippen LogP) is 5.47. The van der Waals surface area contributed by atoms with Crippen molar-refractivity contribution in [3.63, 3.8) is 0 Å². The summed E-state index contributed by atoms with van der Waals surface area (Å²) >= 11 is 6.36. The van der Waals surface area contributed by atoms with Gasteiger partial charge in [-0.25, -0.2) is 4.79 Å². The molecule has 2 aromatic rings. The van der Waals surface area contributed by atoms with E-state index in [4.69, 9.17) is 21.1 Å². The summed E-state index contributed by atoms with van der Waals surface area (Å²) in [6.45, 7) is 4.20. The molecule has 2 aliphatic heterocycles. The zero-order chi connectivity index (χ0) is 25.7. The smallest absolute Gasteiger partial charge is 0.335 e. The van der Waals surface area contributed by atoms with Crippen LogP contribution >= 0.6 is 11.6 Å². The molecule has 0 radical (unpaired) electrons. The molecule has 7 heteroatoms. The first-order valence-corrected chi connectivity index (χ1v) is 14.1. The standard InChI is InChI=1S/C30H36ClNO5/c1-18-11-23(33)14-28(37-18)24-7-4-21(24)15-32-16-30(10-2-3-19-12-22(31)6-8-25(19)30)17-36-27-9-5-20(29(34)35)13-26(27)32/h5-6,8-9,12-13,18,21,23-24,28,33H,2-4,7,10-11,14-17H2,1H3,(H,34,35)/t18-,21-,23-,24+,28+,30?/m0/s1. The Labute approximate surface area is 223 Å². The van der Waals surface area contributed by atoms with Crippen molar-refractivity contribution in [3.05, 3.63) is 58.1 Å². The molecule has 1 saturated carbocycles. The second-order valence-electron chi connectivity index (χ2n) is 11.7. The summed E-state index contributed by atoms with van der Waals surface area (Å²) in [5.74, 6) is 0.643. The van der Waals surface area contributed by atoms with E-state index in [1.165, 1.54) is 11.1 Å². The number of aryl methyl sites for hydroxylation is 1. The summed E-state index contributed by atoms with van der Waals surface area (Å²) in [6.07, 6.45) is 6.58. The number of aliphatic hydroxyl groups excluding tert-OH is 1. The van der Waals surface area contributed by atoms with Gasteiger partial charge in [-0.15, -0.1) is 0 Å². The average molecular weight is 526 g/mol. The number of ether oxygens (including phenoxy) is 2. The molecule has 2 aromatic carbocycles. The Morgan fingerprint density at radius 1 is 1.19 bits per heavy atom. The number of aliphatic hydroxyl groups is 1. The molecule has 4 aliphatic rings. The predicted molar refractivity (Wildman–Crippen MR) is 143 cm³/mol. The van der Waals surface area contributed by atoms with Gasteiger partial charge in [-0.2, -0.15) is 0 Å². The van der Waals surface area contributed by atoms with Crippen LogP contribution in [0.15, 0.2) is 36.4 Å². The number of halogens is 1. The van der Waals surface area contributed by atoms with Gasteiger partial charge in [0.25, 0.3) is 0 Å². The Hall–Kier alpha value is -2.28. The number of fused-ring (bicyclic) bond motifs is 3. The number of rotatable bonds is 4. The van der Waals surface area contributed by atoms with Gasteiger partial charge in [-0.05, 0) is 105 Å². The summed E-state index contributed by atoms with van der Waals surface area (Å²) < 4.78 is 12.8. The van der Waals surface area contributed by atoms with Crippen LogP contribution in [0, 0.1) is 11.8 Å². The van der Waals surface area contributed by atoms with Crippen molar-refractivity contribution in [1.82, 2.24) is 0 Å². The molecule has 0 amide bonds. The van der Waals surface area contributed by atoms with Crippen LogP contribution in [0.1, 0.15) is 66.9 Å². The lowest BCUT2D eigenvalue weighted by Gasteiger charge is -2.48. The van der Waals surface area contributed by atoms with E-state index in [2.05, 4.69) is 24.0 Å². The van der Waals surface area contributed by atoms with Crippen LogP contribution in [0.5, 0.6) is 5.75 Å². The molecule has 2 aliphatic carbocycles. The fraction of sp³-hybridized carbons (Fsp3) is 0.567. The minimum absolute atomic E-state index is 0.0780. The molecule has 0 bridgehead atoms.